The predicted molar refractivity (Wildman–Crippen MR) is 56.9 cm³/mol. The highest BCUT2D eigenvalue weighted by atomic mass is 28.2. The molecule has 14 heavy (non-hydrogen) atoms. The summed E-state index contributed by atoms with van der Waals surface area (Å²) >= 11 is 0. The van der Waals surface area contributed by atoms with Crippen molar-refractivity contribution < 1.29 is 19.0 Å². The third kappa shape index (κ3) is 5.90. The summed E-state index contributed by atoms with van der Waals surface area (Å²) in [6.45, 7) is 5.55. The summed E-state index contributed by atoms with van der Waals surface area (Å²) < 4.78 is 15.0. The van der Waals surface area contributed by atoms with E-state index < -0.39 is 9.52 Å². The van der Waals surface area contributed by atoms with Crippen LogP contribution in [0, 0.1) is 0 Å². The summed E-state index contributed by atoms with van der Waals surface area (Å²) in [5.41, 5.74) is 0.432. The Morgan fingerprint density at radius 1 is 1.43 bits per heavy atom. The van der Waals surface area contributed by atoms with Gasteiger partial charge in [0.25, 0.3) is 0 Å². The fraction of sp³-hybridized carbons (Fsp3) is 0.667. The molecule has 0 heterocycles. The first-order valence-corrected chi connectivity index (χ1v) is 6.31. The Morgan fingerprint density at radius 2 is 2.00 bits per heavy atom. The Labute approximate surface area is 87.0 Å². The van der Waals surface area contributed by atoms with Crippen molar-refractivity contribution in [3.63, 3.8) is 0 Å². The van der Waals surface area contributed by atoms with Crippen LogP contribution in [0.5, 0.6) is 0 Å². The van der Waals surface area contributed by atoms with Gasteiger partial charge in [0.1, 0.15) is 5.91 Å². The van der Waals surface area contributed by atoms with E-state index in [9.17, 15) is 4.79 Å². The van der Waals surface area contributed by atoms with E-state index in [4.69, 9.17) is 14.2 Å². The quantitative estimate of drug-likeness (QED) is 0.202. The lowest BCUT2D eigenvalue weighted by molar-refractivity contribution is -0.138. The highest BCUT2D eigenvalue weighted by Crippen LogP contribution is 1.96. The smallest absolute Gasteiger partial charge is 0.333 e. The van der Waals surface area contributed by atoms with Gasteiger partial charge in [0, 0.05) is 19.8 Å². The van der Waals surface area contributed by atoms with Crippen LogP contribution in [0.25, 0.3) is 0 Å². The zero-order valence-electron chi connectivity index (χ0n) is 9.04. The number of ether oxygens (including phenoxy) is 3. The molecule has 0 spiro atoms. The largest absolute Gasteiger partial charge is 0.463 e. The van der Waals surface area contributed by atoms with Crippen molar-refractivity contribution in [3.8, 4) is 0 Å². The molecule has 0 atom stereocenters. The van der Waals surface area contributed by atoms with Crippen LogP contribution < -0.4 is 0 Å². The van der Waals surface area contributed by atoms with Crippen molar-refractivity contribution in [2.75, 3.05) is 20.8 Å². The van der Waals surface area contributed by atoms with Crippen molar-refractivity contribution in [3.05, 3.63) is 12.2 Å². The van der Waals surface area contributed by atoms with E-state index in [0.717, 1.165) is 6.04 Å². The lowest BCUT2D eigenvalue weighted by atomic mass is 10.4. The lowest BCUT2D eigenvalue weighted by Gasteiger charge is -2.12. The molecule has 0 amide bonds. The standard InChI is InChI=1S/C9H18O4Si/c1-7(2)8(10)13-5-6-14-9(11-3)12-4/h9H,1,5-6,14H2,2-4H3. The molecule has 82 valence electrons. The second-order valence-corrected chi connectivity index (χ2v) is 4.91. The number of carbonyl (C=O) groups excluding carboxylic acids is 1. The van der Waals surface area contributed by atoms with Crippen molar-refractivity contribution in [1.29, 1.82) is 0 Å². The molecule has 0 aliphatic carbocycles. The van der Waals surface area contributed by atoms with Crippen LogP contribution in [-0.4, -0.2) is 42.2 Å². The van der Waals surface area contributed by atoms with Crippen LogP contribution in [-0.2, 0) is 19.0 Å². The molecule has 0 unspecified atom stereocenters. The van der Waals surface area contributed by atoms with Gasteiger partial charge in [-0.1, -0.05) is 6.58 Å². The minimum Gasteiger partial charge on any atom is -0.463 e. The third-order valence-corrected chi connectivity index (χ3v) is 3.53. The van der Waals surface area contributed by atoms with Gasteiger partial charge >= 0.3 is 5.97 Å². The highest BCUT2D eigenvalue weighted by Gasteiger charge is 2.07. The van der Waals surface area contributed by atoms with Crippen molar-refractivity contribution >= 4 is 15.5 Å². The minimum atomic E-state index is -0.494. The van der Waals surface area contributed by atoms with Crippen LogP contribution in [0.1, 0.15) is 6.92 Å². The maximum atomic E-state index is 11.0. The maximum absolute atomic E-state index is 11.0. The van der Waals surface area contributed by atoms with E-state index in [1.165, 1.54) is 0 Å². The molecule has 4 nitrogen and oxygen atoms in total. The molecular weight excluding hydrogens is 200 g/mol. The van der Waals surface area contributed by atoms with E-state index in [1.54, 1.807) is 21.1 Å². The third-order valence-electron chi connectivity index (χ3n) is 1.69. The van der Waals surface area contributed by atoms with Crippen molar-refractivity contribution in [2.45, 2.75) is 18.9 Å². The van der Waals surface area contributed by atoms with Crippen molar-refractivity contribution in [1.82, 2.24) is 0 Å². The van der Waals surface area contributed by atoms with Gasteiger partial charge in [-0.15, -0.1) is 0 Å². The number of methoxy groups -OCH3 is 2. The molecule has 0 aliphatic heterocycles. The molecule has 0 aliphatic rings. The monoisotopic (exact) mass is 218 g/mol. The molecule has 0 aromatic heterocycles. The zero-order chi connectivity index (χ0) is 11.0. The fourth-order valence-corrected chi connectivity index (χ4v) is 1.99. The molecule has 0 aromatic carbocycles. The zero-order valence-corrected chi connectivity index (χ0v) is 10.5. The summed E-state index contributed by atoms with van der Waals surface area (Å²) in [6.07, 6.45) is 0. The van der Waals surface area contributed by atoms with E-state index in [-0.39, 0.29) is 11.9 Å². The molecule has 0 saturated carbocycles. The van der Waals surface area contributed by atoms with Crippen LogP contribution in [0.2, 0.25) is 6.04 Å². The summed E-state index contributed by atoms with van der Waals surface area (Å²) in [4.78, 5) is 11.0. The van der Waals surface area contributed by atoms with E-state index in [2.05, 4.69) is 6.58 Å². The lowest BCUT2D eigenvalue weighted by Crippen LogP contribution is -2.22. The number of esters is 1. The van der Waals surface area contributed by atoms with Crippen LogP contribution >= 0.6 is 0 Å². The average Bonchev–Trinajstić information content (AvgIpc) is 2.17. The normalized spacial score (nSPS) is 11.1. The van der Waals surface area contributed by atoms with Gasteiger partial charge in [0.2, 0.25) is 0 Å². The van der Waals surface area contributed by atoms with Crippen LogP contribution in [0.4, 0.5) is 0 Å². The number of hydrogen-bond acceptors (Lipinski definition) is 4. The topological polar surface area (TPSA) is 44.8 Å². The molecule has 0 radical (unpaired) electrons. The second kappa shape index (κ2) is 7.72. The molecule has 0 N–H and O–H groups in total. The van der Waals surface area contributed by atoms with Crippen molar-refractivity contribution in [2.24, 2.45) is 0 Å². The number of carbonyl (C=O) groups is 1. The number of hydrogen-bond donors (Lipinski definition) is 0. The van der Waals surface area contributed by atoms with E-state index >= 15 is 0 Å². The van der Waals surface area contributed by atoms with Gasteiger partial charge < -0.3 is 14.2 Å². The molecule has 0 aromatic rings. The Kier molecular flexibility index (Phi) is 7.36. The average molecular weight is 218 g/mol. The Balaban J connectivity index is 3.46. The summed E-state index contributed by atoms with van der Waals surface area (Å²) in [5.74, 6) is -0.413. The molecule has 0 rings (SSSR count). The van der Waals surface area contributed by atoms with Gasteiger partial charge in [-0.05, 0) is 13.0 Å². The Hall–Kier alpha value is -0.653. The Bertz CT molecular complexity index is 189. The first kappa shape index (κ1) is 13.3. The predicted octanol–water partition coefficient (Wildman–Crippen LogP) is 0.269. The van der Waals surface area contributed by atoms with Gasteiger partial charge in [0.05, 0.1) is 16.1 Å². The first-order valence-electron chi connectivity index (χ1n) is 4.50. The molecule has 0 saturated heterocycles. The molecule has 5 heteroatoms. The summed E-state index contributed by atoms with van der Waals surface area (Å²) in [5, 5.41) is 0. The maximum Gasteiger partial charge on any atom is 0.333 e. The van der Waals surface area contributed by atoms with Gasteiger partial charge in [-0.3, -0.25) is 0 Å². The van der Waals surface area contributed by atoms with Gasteiger partial charge in [0.15, 0.2) is 0 Å². The Morgan fingerprint density at radius 3 is 2.43 bits per heavy atom. The molecular formula is C9H18O4Si. The highest BCUT2D eigenvalue weighted by molar-refractivity contribution is 6.36. The fourth-order valence-electron chi connectivity index (χ4n) is 0.870. The molecule has 0 bridgehead atoms. The van der Waals surface area contributed by atoms with Gasteiger partial charge in [-0.25, -0.2) is 4.79 Å². The first-order chi connectivity index (χ1) is 6.61. The van der Waals surface area contributed by atoms with Crippen LogP contribution in [0.3, 0.4) is 0 Å². The van der Waals surface area contributed by atoms with Gasteiger partial charge in [-0.2, -0.15) is 0 Å². The van der Waals surface area contributed by atoms with E-state index in [1.807, 2.05) is 0 Å². The minimum absolute atomic E-state index is 0.0847. The van der Waals surface area contributed by atoms with E-state index in [0.29, 0.717) is 12.2 Å². The summed E-state index contributed by atoms with van der Waals surface area (Å²) in [7, 11) is 2.73. The number of rotatable bonds is 7. The summed E-state index contributed by atoms with van der Waals surface area (Å²) in [6, 6.07) is 0.853. The SMILES string of the molecule is C=C(C)C(=O)OCC[SiH2]C(OC)OC. The van der Waals surface area contributed by atoms with Crippen LogP contribution in [0.15, 0.2) is 12.2 Å². The molecule has 0 fully saturated rings. The second-order valence-electron chi connectivity index (χ2n) is 2.96.